The predicted octanol–water partition coefficient (Wildman–Crippen LogP) is 3.40. The predicted molar refractivity (Wildman–Crippen MR) is 103 cm³/mol. The maximum atomic E-state index is 4.22. The molecule has 1 aliphatic heterocycles. The van der Waals surface area contributed by atoms with Crippen molar-refractivity contribution in [3.8, 4) is 11.3 Å². The number of aromatic amines is 1. The maximum Gasteiger partial charge on any atom is 0.0710 e. The molecule has 1 aromatic carbocycles. The second kappa shape index (κ2) is 7.81. The quantitative estimate of drug-likeness (QED) is 0.718. The Balaban J connectivity index is 1.35. The van der Waals surface area contributed by atoms with Crippen molar-refractivity contribution in [3.05, 3.63) is 72.2 Å². The molecule has 2 N–H and O–H groups in total. The van der Waals surface area contributed by atoms with Crippen molar-refractivity contribution >= 4 is 0 Å². The van der Waals surface area contributed by atoms with Crippen LogP contribution in [-0.4, -0.2) is 39.2 Å². The minimum absolute atomic E-state index is 0.461. The average Bonchev–Trinajstić information content (AvgIpc) is 3.36. The minimum Gasteiger partial charge on any atom is -0.308 e. The second-order valence-corrected chi connectivity index (χ2v) is 6.96. The van der Waals surface area contributed by atoms with Gasteiger partial charge < -0.3 is 5.32 Å². The molecule has 5 nitrogen and oxygen atoms in total. The summed E-state index contributed by atoms with van der Waals surface area (Å²) in [6, 6.07) is 15.7. The number of hydrogen-bond acceptors (Lipinski definition) is 4. The summed E-state index contributed by atoms with van der Waals surface area (Å²) >= 11 is 0. The number of H-pyrrole nitrogens is 1. The van der Waals surface area contributed by atoms with Crippen LogP contribution in [0.5, 0.6) is 0 Å². The number of rotatable bonds is 6. The number of nitrogens with zero attached hydrogens (tertiary/aromatic N) is 3. The minimum atomic E-state index is 0.461. The van der Waals surface area contributed by atoms with Crippen molar-refractivity contribution in [2.75, 3.05) is 13.1 Å². The second-order valence-electron chi connectivity index (χ2n) is 6.96. The summed E-state index contributed by atoms with van der Waals surface area (Å²) in [5.41, 5.74) is 4.71. The van der Waals surface area contributed by atoms with Gasteiger partial charge in [0.1, 0.15) is 0 Å². The summed E-state index contributed by atoms with van der Waals surface area (Å²) < 4.78 is 0. The van der Waals surface area contributed by atoms with E-state index >= 15 is 0 Å². The van der Waals surface area contributed by atoms with E-state index < -0.39 is 0 Å². The van der Waals surface area contributed by atoms with Crippen LogP contribution in [-0.2, 0) is 6.54 Å². The Morgan fingerprint density at radius 2 is 2.08 bits per heavy atom. The van der Waals surface area contributed by atoms with Crippen LogP contribution in [0.3, 0.4) is 0 Å². The van der Waals surface area contributed by atoms with E-state index in [-0.39, 0.29) is 0 Å². The highest BCUT2D eigenvalue weighted by molar-refractivity contribution is 5.61. The highest BCUT2D eigenvalue weighted by Gasteiger charge is 2.26. The Morgan fingerprint density at radius 3 is 2.88 bits per heavy atom. The molecular formula is C21H25N5. The summed E-state index contributed by atoms with van der Waals surface area (Å²) in [7, 11) is 0. The molecular weight excluding hydrogens is 322 g/mol. The molecule has 0 amide bonds. The first-order valence-electron chi connectivity index (χ1n) is 9.26. The van der Waals surface area contributed by atoms with E-state index in [0.717, 1.165) is 30.9 Å². The van der Waals surface area contributed by atoms with Crippen LogP contribution in [0.1, 0.15) is 30.5 Å². The van der Waals surface area contributed by atoms with E-state index in [1.165, 1.54) is 17.5 Å². The molecule has 0 saturated carbocycles. The van der Waals surface area contributed by atoms with Crippen LogP contribution in [0.2, 0.25) is 0 Å². The lowest BCUT2D eigenvalue weighted by atomic mass is 10.1. The topological polar surface area (TPSA) is 56.8 Å². The Kier molecular flexibility index (Phi) is 5.09. The normalized spacial score (nSPS) is 18.9. The third kappa shape index (κ3) is 3.69. The molecule has 26 heavy (non-hydrogen) atoms. The maximum absolute atomic E-state index is 4.22. The van der Waals surface area contributed by atoms with Crippen LogP contribution in [0.4, 0.5) is 0 Å². The lowest BCUT2D eigenvalue weighted by molar-refractivity contribution is 0.255. The molecule has 5 heteroatoms. The van der Waals surface area contributed by atoms with Gasteiger partial charge in [-0.3, -0.25) is 15.0 Å². The Bertz CT molecular complexity index is 815. The van der Waals surface area contributed by atoms with Crippen molar-refractivity contribution in [1.29, 1.82) is 0 Å². The molecule has 3 heterocycles. The van der Waals surface area contributed by atoms with E-state index in [0.29, 0.717) is 12.1 Å². The third-order valence-corrected chi connectivity index (χ3v) is 5.30. The van der Waals surface area contributed by atoms with Crippen LogP contribution in [0.15, 0.2) is 61.1 Å². The molecule has 4 rings (SSSR count). The first-order chi connectivity index (χ1) is 12.8. The largest absolute Gasteiger partial charge is 0.308 e. The monoisotopic (exact) mass is 347 g/mol. The van der Waals surface area contributed by atoms with Gasteiger partial charge in [-0.15, -0.1) is 0 Å². The summed E-state index contributed by atoms with van der Waals surface area (Å²) in [5.74, 6) is 0. The van der Waals surface area contributed by atoms with Gasteiger partial charge in [-0.05, 0) is 31.0 Å². The molecule has 0 bridgehead atoms. The molecule has 1 fully saturated rings. The first kappa shape index (κ1) is 16.9. The first-order valence-corrected chi connectivity index (χ1v) is 9.26. The van der Waals surface area contributed by atoms with Crippen molar-refractivity contribution in [2.45, 2.75) is 32.0 Å². The molecule has 0 radical (unpaired) electrons. The highest BCUT2D eigenvalue weighted by atomic mass is 15.2. The van der Waals surface area contributed by atoms with Gasteiger partial charge in [0.05, 0.1) is 11.9 Å². The molecule has 0 spiro atoms. The van der Waals surface area contributed by atoms with Crippen LogP contribution >= 0.6 is 0 Å². The fraction of sp³-hybridized carbons (Fsp3) is 0.333. The van der Waals surface area contributed by atoms with Crippen molar-refractivity contribution in [1.82, 2.24) is 25.4 Å². The van der Waals surface area contributed by atoms with E-state index in [9.17, 15) is 0 Å². The molecule has 3 aromatic rings. The summed E-state index contributed by atoms with van der Waals surface area (Å²) in [6.07, 6.45) is 6.75. The summed E-state index contributed by atoms with van der Waals surface area (Å²) in [4.78, 5) is 6.76. The Labute approximate surface area is 154 Å². The number of nitrogens with one attached hydrogen (secondary N) is 2. The Hall–Kier alpha value is -2.50. The number of likely N-dealkylation sites (tertiary alicyclic amines) is 1. The zero-order valence-corrected chi connectivity index (χ0v) is 15.1. The average molecular weight is 347 g/mol. The standard InChI is InChI=1S/C21H25N5/c1-16(17-6-3-2-4-7-17)26-11-9-20(15-26)23-13-19-14-24-25-21(19)18-8-5-10-22-12-18/h2-8,10,12,14,16,20,23H,9,11,13,15H2,1H3,(H,24,25)/t16-,20-/m0/s1. The zero-order chi connectivity index (χ0) is 17.8. The van der Waals surface area contributed by atoms with Gasteiger partial charge in [-0.2, -0.15) is 5.10 Å². The van der Waals surface area contributed by atoms with E-state index in [2.05, 4.69) is 68.7 Å². The van der Waals surface area contributed by atoms with Gasteiger partial charge in [0, 0.05) is 55.2 Å². The fourth-order valence-electron chi connectivity index (χ4n) is 3.71. The molecule has 0 unspecified atom stereocenters. The molecule has 1 saturated heterocycles. The van der Waals surface area contributed by atoms with Gasteiger partial charge in [-0.1, -0.05) is 30.3 Å². The number of pyridine rings is 1. The van der Waals surface area contributed by atoms with Gasteiger partial charge in [-0.25, -0.2) is 0 Å². The third-order valence-electron chi connectivity index (χ3n) is 5.30. The van der Waals surface area contributed by atoms with Gasteiger partial charge in [0.25, 0.3) is 0 Å². The SMILES string of the molecule is C[C@@H](c1ccccc1)N1CC[C@H](NCc2cn[nH]c2-c2cccnc2)C1. The summed E-state index contributed by atoms with van der Waals surface area (Å²) in [5, 5.41) is 11.0. The lowest BCUT2D eigenvalue weighted by Gasteiger charge is -2.25. The van der Waals surface area contributed by atoms with E-state index in [4.69, 9.17) is 0 Å². The number of aromatic nitrogens is 3. The molecule has 134 valence electrons. The zero-order valence-electron chi connectivity index (χ0n) is 15.1. The molecule has 1 aliphatic rings. The van der Waals surface area contributed by atoms with Gasteiger partial charge >= 0.3 is 0 Å². The smallest absolute Gasteiger partial charge is 0.0710 e. The number of benzene rings is 1. The fourth-order valence-corrected chi connectivity index (χ4v) is 3.71. The van der Waals surface area contributed by atoms with Crippen molar-refractivity contribution < 1.29 is 0 Å². The lowest BCUT2D eigenvalue weighted by Crippen LogP contribution is -2.33. The van der Waals surface area contributed by atoms with Crippen LogP contribution < -0.4 is 5.32 Å². The molecule has 2 atom stereocenters. The van der Waals surface area contributed by atoms with Crippen LogP contribution in [0.25, 0.3) is 11.3 Å². The Morgan fingerprint density at radius 1 is 1.19 bits per heavy atom. The van der Waals surface area contributed by atoms with E-state index in [1.54, 1.807) is 6.20 Å². The number of hydrogen-bond donors (Lipinski definition) is 2. The van der Waals surface area contributed by atoms with Gasteiger partial charge in [0.15, 0.2) is 0 Å². The van der Waals surface area contributed by atoms with Gasteiger partial charge in [0.2, 0.25) is 0 Å². The summed E-state index contributed by atoms with van der Waals surface area (Å²) in [6.45, 7) is 5.33. The highest BCUT2D eigenvalue weighted by Crippen LogP contribution is 2.25. The van der Waals surface area contributed by atoms with Crippen molar-refractivity contribution in [2.24, 2.45) is 0 Å². The molecule has 0 aliphatic carbocycles. The van der Waals surface area contributed by atoms with Crippen LogP contribution in [0, 0.1) is 0 Å². The molecule has 2 aromatic heterocycles. The van der Waals surface area contributed by atoms with Crippen molar-refractivity contribution in [3.63, 3.8) is 0 Å². The van der Waals surface area contributed by atoms with E-state index in [1.807, 2.05) is 18.5 Å².